The number of hydrogen-bond donors (Lipinski definition) is 0. The first-order valence-electron chi connectivity index (χ1n) is 5.52. The van der Waals surface area contributed by atoms with Gasteiger partial charge in [-0.2, -0.15) is 4.98 Å². The summed E-state index contributed by atoms with van der Waals surface area (Å²) in [6, 6.07) is 3.97. The molecular formula is C12H12BrClN4. The lowest BCUT2D eigenvalue weighted by Gasteiger charge is -2.22. The van der Waals surface area contributed by atoms with Crippen molar-refractivity contribution in [2.24, 2.45) is 0 Å². The number of nitrogens with zero attached hydrogens (tertiary/aromatic N) is 4. The van der Waals surface area contributed by atoms with Crippen molar-refractivity contribution in [2.75, 3.05) is 11.4 Å². The van der Waals surface area contributed by atoms with E-state index in [4.69, 9.17) is 11.6 Å². The van der Waals surface area contributed by atoms with Gasteiger partial charge >= 0.3 is 0 Å². The molecule has 0 aliphatic rings. The van der Waals surface area contributed by atoms with Crippen molar-refractivity contribution in [1.82, 2.24) is 15.0 Å². The Bertz CT molecular complexity index is 521. The molecule has 0 amide bonds. The first kappa shape index (κ1) is 13.2. The van der Waals surface area contributed by atoms with Crippen LogP contribution in [0.15, 0.2) is 35.2 Å². The maximum atomic E-state index is 5.84. The number of hydrogen-bond acceptors (Lipinski definition) is 4. The predicted octanol–water partition coefficient (Wildman–Crippen LogP) is 3.31. The highest BCUT2D eigenvalue weighted by molar-refractivity contribution is 9.10. The van der Waals surface area contributed by atoms with E-state index in [0.29, 0.717) is 0 Å². The molecule has 0 N–H and O–H groups in total. The van der Waals surface area contributed by atoms with Crippen LogP contribution in [0.5, 0.6) is 0 Å². The summed E-state index contributed by atoms with van der Waals surface area (Å²) in [5, 5.41) is 0.251. The zero-order valence-electron chi connectivity index (χ0n) is 9.85. The average molecular weight is 328 g/mol. The molecule has 2 heterocycles. The second kappa shape index (κ2) is 6.11. The molecule has 0 bridgehead atoms. The van der Waals surface area contributed by atoms with Gasteiger partial charge in [0.05, 0.1) is 4.47 Å². The van der Waals surface area contributed by atoms with Gasteiger partial charge in [0.1, 0.15) is 5.82 Å². The molecule has 2 aromatic heterocycles. The van der Waals surface area contributed by atoms with Crippen molar-refractivity contribution in [3.05, 3.63) is 46.0 Å². The fourth-order valence-electron chi connectivity index (χ4n) is 1.60. The Kier molecular flexibility index (Phi) is 4.49. The number of aromatic nitrogens is 3. The molecule has 2 rings (SSSR count). The van der Waals surface area contributed by atoms with Crippen LogP contribution in [0.1, 0.15) is 12.5 Å². The fraction of sp³-hybridized carbons (Fsp3) is 0.250. The monoisotopic (exact) mass is 326 g/mol. The normalized spacial score (nSPS) is 10.4. The third kappa shape index (κ3) is 3.17. The third-order valence-corrected chi connectivity index (χ3v) is 3.24. The van der Waals surface area contributed by atoms with Crippen molar-refractivity contribution >= 4 is 33.3 Å². The third-order valence-electron chi connectivity index (χ3n) is 2.50. The molecule has 2 aromatic rings. The minimum atomic E-state index is 0.251. The maximum absolute atomic E-state index is 5.84. The summed E-state index contributed by atoms with van der Waals surface area (Å²) in [5.41, 5.74) is 1.17. The van der Waals surface area contributed by atoms with Gasteiger partial charge in [0, 0.05) is 31.7 Å². The number of halogens is 2. The second-order valence-corrected chi connectivity index (χ2v) is 4.87. The largest absolute Gasteiger partial charge is 0.351 e. The van der Waals surface area contributed by atoms with E-state index in [9.17, 15) is 0 Å². The molecule has 18 heavy (non-hydrogen) atoms. The van der Waals surface area contributed by atoms with Crippen molar-refractivity contribution in [3.8, 4) is 0 Å². The Balaban J connectivity index is 2.26. The smallest absolute Gasteiger partial charge is 0.224 e. The van der Waals surface area contributed by atoms with Gasteiger partial charge in [0.25, 0.3) is 0 Å². The minimum absolute atomic E-state index is 0.251. The van der Waals surface area contributed by atoms with E-state index in [2.05, 4.69) is 42.7 Å². The summed E-state index contributed by atoms with van der Waals surface area (Å²) in [5.74, 6) is 0.800. The number of rotatable bonds is 4. The van der Waals surface area contributed by atoms with Crippen LogP contribution >= 0.6 is 27.5 Å². The molecule has 0 aliphatic carbocycles. The van der Waals surface area contributed by atoms with E-state index in [1.807, 2.05) is 12.1 Å². The Morgan fingerprint density at radius 2 is 2.06 bits per heavy atom. The summed E-state index contributed by atoms with van der Waals surface area (Å²) >= 11 is 9.29. The Morgan fingerprint density at radius 3 is 2.72 bits per heavy atom. The topological polar surface area (TPSA) is 41.9 Å². The molecule has 0 fully saturated rings. The van der Waals surface area contributed by atoms with Crippen LogP contribution in [0.2, 0.25) is 5.28 Å². The van der Waals surface area contributed by atoms with Gasteiger partial charge in [0.2, 0.25) is 5.28 Å². The van der Waals surface area contributed by atoms with E-state index in [0.717, 1.165) is 23.4 Å². The standard InChI is InChI=1S/C12H12BrClN4/c1-2-18(8-9-3-5-15-6-4-9)11-10(13)7-16-12(14)17-11/h3-7H,2,8H2,1H3. The SMILES string of the molecule is CCN(Cc1ccncc1)c1nc(Cl)ncc1Br. The van der Waals surface area contributed by atoms with Gasteiger partial charge in [-0.15, -0.1) is 0 Å². The van der Waals surface area contributed by atoms with Crippen LogP contribution in [-0.2, 0) is 6.54 Å². The van der Waals surface area contributed by atoms with E-state index >= 15 is 0 Å². The Morgan fingerprint density at radius 1 is 1.33 bits per heavy atom. The first-order chi connectivity index (χ1) is 8.70. The quantitative estimate of drug-likeness (QED) is 0.808. The molecule has 0 unspecified atom stereocenters. The van der Waals surface area contributed by atoms with Crippen LogP contribution in [0.3, 0.4) is 0 Å². The van der Waals surface area contributed by atoms with Gasteiger partial charge in [0.15, 0.2) is 0 Å². The first-order valence-corrected chi connectivity index (χ1v) is 6.69. The fourth-order valence-corrected chi connectivity index (χ4v) is 2.17. The van der Waals surface area contributed by atoms with Crippen LogP contribution in [0.25, 0.3) is 0 Å². The number of pyridine rings is 1. The van der Waals surface area contributed by atoms with Gasteiger partial charge in [-0.25, -0.2) is 4.98 Å². The summed E-state index contributed by atoms with van der Waals surface area (Å²) in [6.07, 6.45) is 5.23. The lowest BCUT2D eigenvalue weighted by molar-refractivity contribution is 0.805. The van der Waals surface area contributed by atoms with E-state index in [-0.39, 0.29) is 5.28 Å². The van der Waals surface area contributed by atoms with Gasteiger partial charge in [-0.3, -0.25) is 4.98 Å². The number of anilines is 1. The molecule has 0 spiro atoms. The van der Waals surface area contributed by atoms with E-state index in [1.165, 1.54) is 5.56 Å². The minimum Gasteiger partial charge on any atom is -0.351 e. The van der Waals surface area contributed by atoms with E-state index < -0.39 is 0 Å². The highest BCUT2D eigenvalue weighted by atomic mass is 79.9. The van der Waals surface area contributed by atoms with Crippen molar-refractivity contribution < 1.29 is 0 Å². The molecular weight excluding hydrogens is 316 g/mol. The molecule has 0 atom stereocenters. The van der Waals surface area contributed by atoms with Gasteiger partial charge < -0.3 is 4.90 Å². The average Bonchev–Trinajstić information content (AvgIpc) is 2.40. The van der Waals surface area contributed by atoms with Crippen LogP contribution in [0.4, 0.5) is 5.82 Å². The highest BCUT2D eigenvalue weighted by Gasteiger charge is 2.12. The van der Waals surface area contributed by atoms with Crippen LogP contribution in [0, 0.1) is 0 Å². The molecule has 0 saturated heterocycles. The molecule has 0 aromatic carbocycles. The Hall–Kier alpha value is -1.20. The molecule has 0 radical (unpaired) electrons. The highest BCUT2D eigenvalue weighted by Crippen LogP contribution is 2.25. The van der Waals surface area contributed by atoms with Crippen molar-refractivity contribution in [2.45, 2.75) is 13.5 Å². The summed E-state index contributed by atoms with van der Waals surface area (Å²) in [4.78, 5) is 14.3. The zero-order valence-corrected chi connectivity index (χ0v) is 12.2. The molecule has 94 valence electrons. The van der Waals surface area contributed by atoms with Crippen LogP contribution in [-0.4, -0.2) is 21.5 Å². The van der Waals surface area contributed by atoms with Crippen molar-refractivity contribution in [3.63, 3.8) is 0 Å². The van der Waals surface area contributed by atoms with E-state index in [1.54, 1.807) is 18.6 Å². The van der Waals surface area contributed by atoms with Gasteiger partial charge in [-0.05, 0) is 52.2 Å². The predicted molar refractivity (Wildman–Crippen MR) is 75.7 cm³/mol. The molecule has 0 aliphatic heterocycles. The lowest BCUT2D eigenvalue weighted by Crippen LogP contribution is -2.23. The maximum Gasteiger partial charge on any atom is 0.224 e. The van der Waals surface area contributed by atoms with Crippen LogP contribution < -0.4 is 4.90 Å². The van der Waals surface area contributed by atoms with Crippen molar-refractivity contribution in [1.29, 1.82) is 0 Å². The summed E-state index contributed by atoms with van der Waals surface area (Å²) < 4.78 is 0.836. The van der Waals surface area contributed by atoms with Gasteiger partial charge in [-0.1, -0.05) is 0 Å². The Labute approximate surface area is 119 Å². The summed E-state index contributed by atoms with van der Waals surface area (Å²) in [7, 11) is 0. The molecule has 4 nitrogen and oxygen atoms in total. The molecule has 0 saturated carbocycles. The second-order valence-electron chi connectivity index (χ2n) is 3.68. The zero-order chi connectivity index (χ0) is 13.0. The molecule has 6 heteroatoms. The summed E-state index contributed by atoms with van der Waals surface area (Å²) in [6.45, 7) is 3.66. The lowest BCUT2D eigenvalue weighted by atomic mass is 10.2.